The van der Waals surface area contributed by atoms with Gasteiger partial charge in [0, 0.05) is 23.6 Å². The number of sulfonamides is 1. The normalized spacial score (nSPS) is 14.8. The molecule has 152 valence electrons. The molecule has 1 amide bonds. The van der Waals surface area contributed by atoms with E-state index in [-0.39, 0.29) is 18.1 Å². The van der Waals surface area contributed by atoms with E-state index in [0.29, 0.717) is 23.3 Å². The summed E-state index contributed by atoms with van der Waals surface area (Å²) < 4.78 is 36.0. The summed E-state index contributed by atoms with van der Waals surface area (Å²) >= 11 is 1.87. The minimum absolute atomic E-state index is 0.273. The van der Waals surface area contributed by atoms with Crippen LogP contribution in [0.5, 0.6) is 11.5 Å². The number of nitrogens with one attached hydrogen (secondary N) is 1. The van der Waals surface area contributed by atoms with Gasteiger partial charge in [0.1, 0.15) is 18.0 Å². The predicted molar refractivity (Wildman–Crippen MR) is 109 cm³/mol. The Labute approximate surface area is 165 Å². The van der Waals surface area contributed by atoms with Gasteiger partial charge >= 0.3 is 0 Å². The quantitative estimate of drug-likeness (QED) is 0.589. The first-order chi connectivity index (χ1) is 12.8. The zero-order chi connectivity index (χ0) is 19.9. The third-order valence-corrected chi connectivity index (χ3v) is 6.93. The third kappa shape index (κ3) is 6.49. The fraction of sp³-hybridized carbons (Fsp3) is 0.611. The molecule has 0 unspecified atom stereocenters. The van der Waals surface area contributed by atoms with E-state index >= 15 is 0 Å². The molecule has 1 aromatic rings. The Morgan fingerprint density at radius 2 is 1.96 bits per heavy atom. The smallest absolute Gasteiger partial charge is 0.240 e. The second-order valence-corrected chi connectivity index (χ2v) is 9.75. The van der Waals surface area contributed by atoms with Gasteiger partial charge in [-0.15, -0.1) is 0 Å². The molecule has 2 rings (SSSR count). The number of amides is 1. The van der Waals surface area contributed by atoms with Crippen molar-refractivity contribution in [2.24, 2.45) is 0 Å². The summed E-state index contributed by atoms with van der Waals surface area (Å²) in [6.45, 7) is 0.212. The van der Waals surface area contributed by atoms with Crippen LogP contribution in [-0.4, -0.2) is 58.9 Å². The highest BCUT2D eigenvalue weighted by Crippen LogP contribution is 2.33. The fourth-order valence-electron chi connectivity index (χ4n) is 3.03. The average molecular weight is 417 g/mol. The zero-order valence-corrected chi connectivity index (χ0v) is 17.7. The Morgan fingerprint density at radius 3 is 2.56 bits per heavy atom. The maximum atomic E-state index is 12.3. The standard InChI is InChI=1S/C18H28N2O5S2/c1-24-14-8-9-17(25-2)16(12-14)20(27(3,22)23)13-18(21)19-10-11-26-15-6-4-5-7-15/h8-9,12,15H,4-7,10-11,13H2,1-3H3,(H,19,21). The van der Waals surface area contributed by atoms with E-state index < -0.39 is 10.0 Å². The molecule has 7 nitrogen and oxygen atoms in total. The van der Waals surface area contributed by atoms with Gasteiger partial charge in [-0.25, -0.2) is 8.42 Å². The van der Waals surface area contributed by atoms with Gasteiger partial charge in [0.15, 0.2) is 0 Å². The summed E-state index contributed by atoms with van der Waals surface area (Å²) in [7, 11) is -0.741. The van der Waals surface area contributed by atoms with Crippen LogP contribution in [0.1, 0.15) is 25.7 Å². The van der Waals surface area contributed by atoms with Crippen LogP contribution in [0, 0.1) is 0 Å². The highest BCUT2D eigenvalue weighted by Gasteiger charge is 2.24. The van der Waals surface area contributed by atoms with Crippen LogP contribution in [-0.2, 0) is 14.8 Å². The van der Waals surface area contributed by atoms with Crippen LogP contribution < -0.4 is 19.1 Å². The summed E-state index contributed by atoms with van der Waals surface area (Å²) in [6.07, 6.45) is 6.13. The Kier molecular flexibility index (Phi) is 8.09. The number of anilines is 1. The second-order valence-electron chi connectivity index (χ2n) is 6.43. The number of nitrogens with zero attached hydrogens (tertiary/aromatic N) is 1. The largest absolute Gasteiger partial charge is 0.497 e. The van der Waals surface area contributed by atoms with Gasteiger partial charge < -0.3 is 14.8 Å². The van der Waals surface area contributed by atoms with Crippen molar-refractivity contribution in [1.82, 2.24) is 5.32 Å². The van der Waals surface area contributed by atoms with Crippen LogP contribution in [0.15, 0.2) is 18.2 Å². The molecule has 1 aliphatic rings. The lowest BCUT2D eigenvalue weighted by Crippen LogP contribution is -2.41. The number of benzene rings is 1. The number of hydrogen-bond donors (Lipinski definition) is 1. The molecule has 1 aromatic carbocycles. The molecule has 9 heteroatoms. The number of methoxy groups -OCH3 is 2. The molecule has 0 saturated heterocycles. The number of hydrogen-bond acceptors (Lipinski definition) is 6. The number of carbonyl (C=O) groups excluding carboxylic acids is 1. The minimum atomic E-state index is -3.68. The summed E-state index contributed by atoms with van der Waals surface area (Å²) in [4.78, 5) is 12.3. The number of carbonyl (C=O) groups is 1. The van der Waals surface area contributed by atoms with Crippen molar-refractivity contribution in [3.63, 3.8) is 0 Å². The van der Waals surface area contributed by atoms with Crippen molar-refractivity contribution in [3.8, 4) is 11.5 Å². The van der Waals surface area contributed by atoms with E-state index in [1.54, 1.807) is 18.2 Å². The van der Waals surface area contributed by atoms with E-state index in [9.17, 15) is 13.2 Å². The predicted octanol–water partition coefficient (Wildman–Crippen LogP) is 2.26. The molecule has 0 spiro atoms. The van der Waals surface area contributed by atoms with Gasteiger partial charge in [0.25, 0.3) is 0 Å². The highest BCUT2D eigenvalue weighted by molar-refractivity contribution is 7.99. The Morgan fingerprint density at radius 1 is 1.26 bits per heavy atom. The van der Waals surface area contributed by atoms with Crippen molar-refractivity contribution < 1.29 is 22.7 Å². The highest BCUT2D eigenvalue weighted by atomic mass is 32.2. The lowest BCUT2D eigenvalue weighted by Gasteiger charge is -2.24. The maximum absolute atomic E-state index is 12.3. The molecule has 0 radical (unpaired) electrons. The van der Waals surface area contributed by atoms with Gasteiger partial charge in [-0.1, -0.05) is 12.8 Å². The van der Waals surface area contributed by atoms with Crippen molar-refractivity contribution in [1.29, 1.82) is 0 Å². The monoisotopic (exact) mass is 416 g/mol. The van der Waals surface area contributed by atoms with E-state index in [1.165, 1.54) is 39.9 Å². The molecule has 1 saturated carbocycles. The van der Waals surface area contributed by atoms with Crippen molar-refractivity contribution in [2.45, 2.75) is 30.9 Å². The van der Waals surface area contributed by atoms with Crippen molar-refractivity contribution >= 4 is 33.4 Å². The maximum Gasteiger partial charge on any atom is 0.240 e. The summed E-state index contributed by atoms with van der Waals surface area (Å²) in [5.41, 5.74) is 0.273. The average Bonchev–Trinajstić information content (AvgIpc) is 3.15. The van der Waals surface area contributed by atoms with Crippen LogP contribution in [0.2, 0.25) is 0 Å². The summed E-state index contributed by atoms with van der Waals surface area (Å²) in [6, 6.07) is 4.83. The van der Waals surface area contributed by atoms with E-state index in [0.717, 1.165) is 16.3 Å². The lowest BCUT2D eigenvalue weighted by molar-refractivity contribution is -0.119. The summed E-state index contributed by atoms with van der Waals surface area (Å²) in [5, 5.41) is 3.50. The minimum Gasteiger partial charge on any atom is -0.497 e. The number of thioether (sulfide) groups is 1. The van der Waals surface area contributed by atoms with Gasteiger partial charge in [-0.05, 0) is 25.0 Å². The number of ether oxygens (including phenoxy) is 2. The van der Waals surface area contributed by atoms with Gasteiger partial charge in [0.05, 0.1) is 26.2 Å². The molecule has 1 aliphatic carbocycles. The molecular weight excluding hydrogens is 388 g/mol. The van der Waals surface area contributed by atoms with Gasteiger partial charge in [0.2, 0.25) is 15.9 Å². The molecule has 27 heavy (non-hydrogen) atoms. The Balaban J connectivity index is 2.01. The molecular formula is C18H28N2O5S2. The lowest BCUT2D eigenvalue weighted by atomic mass is 10.2. The zero-order valence-electron chi connectivity index (χ0n) is 16.1. The molecule has 0 aromatic heterocycles. The van der Waals surface area contributed by atoms with E-state index in [4.69, 9.17) is 9.47 Å². The molecule has 0 heterocycles. The number of rotatable bonds is 10. The Bertz CT molecular complexity index is 733. The van der Waals surface area contributed by atoms with E-state index in [1.807, 2.05) is 11.8 Å². The molecule has 1 fully saturated rings. The first kappa shape index (κ1) is 21.7. The molecule has 0 bridgehead atoms. The van der Waals surface area contributed by atoms with E-state index in [2.05, 4.69) is 5.32 Å². The first-order valence-corrected chi connectivity index (χ1v) is 11.8. The molecule has 1 N–H and O–H groups in total. The van der Waals surface area contributed by atoms with Gasteiger partial charge in [-0.3, -0.25) is 9.10 Å². The van der Waals surface area contributed by atoms with Gasteiger partial charge in [-0.2, -0.15) is 11.8 Å². The third-order valence-electron chi connectivity index (χ3n) is 4.42. The van der Waals surface area contributed by atoms with Crippen molar-refractivity contribution in [2.75, 3.05) is 43.6 Å². The van der Waals surface area contributed by atoms with Crippen molar-refractivity contribution in [3.05, 3.63) is 18.2 Å². The topological polar surface area (TPSA) is 84.9 Å². The Hall–Kier alpha value is -1.61. The van der Waals surface area contributed by atoms with Crippen LogP contribution in [0.3, 0.4) is 0 Å². The SMILES string of the molecule is COc1ccc(OC)c(N(CC(=O)NCCSC2CCCC2)S(C)(=O)=O)c1. The fourth-order valence-corrected chi connectivity index (χ4v) is 5.10. The molecule has 0 aliphatic heterocycles. The summed E-state index contributed by atoms with van der Waals surface area (Å²) in [5.74, 6) is 1.31. The van der Waals surface area contributed by atoms with Crippen LogP contribution >= 0.6 is 11.8 Å². The second kappa shape index (κ2) is 10.1. The molecule has 0 atom stereocenters. The van der Waals surface area contributed by atoms with Crippen LogP contribution in [0.25, 0.3) is 0 Å². The van der Waals surface area contributed by atoms with Crippen LogP contribution in [0.4, 0.5) is 5.69 Å². The first-order valence-electron chi connectivity index (χ1n) is 8.93.